The van der Waals surface area contributed by atoms with E-state index in [4.69, 9.17) is 9.47 Å². The molecule has 18 heavy (non-hydrogen) atoms. The van der Waals surface area contributed by atoms with Crippen LogP contribution in [0.15, 0.2) is 54.8 Å². The number of hydrogen-bond acceptors (Lipinski definition) is 2. The molecule has 1 aliphatic rings. The Kier molecular flexibility index (Phi) is 4.21. The van der Waals surface area contributed by atoms with Crippen molar-refractivity contribution in [3.63, 3.8) is 0 Å². The first-order valence-corrected chi connectivity index (χ1v) is 6.37. The molecule has 0 aliphatic carbocycles. The van der Waals surface area contributed by atoms with E-state index in [2.05, 4.69) is 31.7 Å². The molecule has 1 aliphatic heterocycles. The van der Waals surface area contributed by atoms with E-state index in [0.29, 0.717) is 6.61 Å². The van der Waals surface area contributed by atoms with Gasteiger partial charge in [0.25, 0.3) is 0 Å². The van der Waals surface area contributed by atoms with Crippen molar-refractivity contribution in [1.82, 2.24) is 0 Å². The van der Waals surface area contributed by atoms with Gasteiger partial charge in [0.05, 0.1) is 13.2 Å². The zero-order valence-electron chi connectivity index (χ0n) is 10.9. The molecule has 2 rings (SSSR count). The third-order valence-corrected chi connectivity index (χ3v) is 3.13. The van der Waals surface area contributed by atoms with Gasteiger partial charge in [0.15, 0.2) is 0 Å². The average molecular weight is 244 g/mol. The molecule has 0 N–H and O–H groups in total. The van der Waals surface area contributed by atoms with Crippen LogP contribution in [0.5, 0.6) is 0 Å². The van der Waals surface area contributed by atoms with Crippen LogP contribution in [0.2, 0.25) is 0 Å². The van der Waals surface area contributed by atoms with Crippen LogP contribution in [0.25, 0.3) is 0 Å². The van der Waals surface area contributed by atoms with Crippen LogP contribution in [-0.2, 0) is 15.9 Å². The molecule has 96 valence electrons. The second-order valence-electron chi connectivity index (χ2n) is 4.70. The van der Waals surface area contributed by atoms with Crippen molar-refractivity contribution in [2.45, 2.75) is 25.4 Å². The maximum Gasteiger partial charge on any atom is 0.126 e. The van der Waals surface area contributed by atoms with E-state index in [9.17, 15) is 0 Å². The lowest BCUT2D eigenvalue weighted by molar-refractivity contribution is -0.0251. The molecule has 1 aromatic carbocycles. The molecule has 0 aromatic heterocycles. The molecule has 2 heteroatoms. The summed E-state index contributed by atoms with van der Waals surface area (Å²) >= 11 is 0. The largest absolute Gasteiger partial charge is 0.495 e. The first-order valence-electron chi connectivity index (χ1n) is 6.37. The molecule has 0 saturated heterocycles. The fourth-order valence-electron chi connectivity index (χ4n) is 2.22. The van der Waals surface area contributed by atoms with Crippen LogP contribution in [0.4, 0.5) is 0 Å². The van der Waals surface area contributed by atoms with E-state index in [1.54, 1.807) is 6.08 Å². The zero-order valence-corrected chi connectivity index (χ0v) is 10.9. The van der Waals surface area contributed by atoms with Crippen LogP contribution in [0, 0.1) is 0 Å². The van der Waals surface area contributed by atoms with Gasteiger partial charge in [0.1, 0.15) is 11.4 Å². The molecular formula is C16H20O2. The smallest absolute Gasteiger partial charge is 0.126 e. The molecule has 0 radical (unpaired) electrons. The van der Waals surface area contributed by atoms with Gasteiger partial charge in [-0.25, -0.2) is 0 Å². The maximum atomic E-state index is 5.96. The van der Waals surface area contributed by atoms with Gasteiger partial charge >= 0.3 is 0 Å². The normalized spacial score (nSPS) is 17.7. The van der Waals surface area contributed by atoms with Crippen molar-refractivity contribution >= 4 is 0 Å². The van der Waals surface area contributed by atoms with Crippen molar-refractivity contribution in [2.24, 2.45) is 0 Å². The van der Waals surface area contributed by atoms with E-state index < -0.39 is 5.60 Å². The van der Waals surface area contributed by atoms with Crippen molar-refractivity contribution < 1.29 is 9.47 Å². The van der Waals surface area contributed by atoms with Gasteiger partial charge in [-0.3, -0.25) is 0 Å². The first-order chi connectivity index (χ1) is 8.74. The summed E-state index contributed by atoms with van der Waals surface area (Å²) in [4.78, 5) is 0. The highest BCUT2D eigenvalue weighted by Crippen LogP contribution is 2.30. The van der Waals surface area contributed by atoms with Crippen molar-refractivity contribution in [2.75, 3.05) is 13.2 Å². The Morgan fingerprint density at radius 2 is 2.17 bits per heavy atom. The van der Waals surface area contributed by atoms with Gasteiger partial charge in [-0.2, -0.15) is 0 Å². The molecule has 0 bridgehead atoms. The highest BCUT2D eigenvalue weighted by Gasteiger charge is 2.33. The standard InChI is InChI=1S/C16H20O2/c1-3-11-18-16(2,15-10-7-12-17-15)13-14-8-5-4-6-9-14/h3-6,8-10H,1,7,11-13H2,2H3. The van der Waals surface area contributed by atoms with Crippen LogP contribution in [-0.4, -0.2) is 18.8 Å². The number of benzene rings is 1. The molecule has 0 saturated carbocycles. The third kappa shape index (κ3) is 3.02. The van der Waals surface area contributed by atoms with Gasteiger partial charge in [0, 0.05) is 12.8 Å². The van der Waals surface area contributed by atoms with E-state index in [0.717, 1.165) is 25.2 Å². The Labute approximate surface area is 109 Å². The summed E-state index contributed by atoms with van der Waals surface area (Å²) in [6.07, 6.45) is 5.69. The predicted octanol–water partition coefficient (Wildman–Crippen LogP) is 3.49. The molecule has 0 fully saturated rings. The highest BCUT2D eigenvalue weighted by molar-refractivity contribution is 5.23. The van der Waals surface area contributed by atoms with E-state index in [-0.39, 0.29) is 0 Å². The third-order valence-electron chi connectivity index (χ3n) is 3.13. The minimum atomic E-state index is -0.397. The number of rotatable bonds is 6. The fourth-order valence-corrected chi connectivity index (χ4v) is 2.22. The van der Waals surface area contributed by atoms with Gasteiger partial charge in [0.2, 0.25) is 0 Å². The summed E-state index contributed by atoms with van der Waals surface area (Å²) < 4.78 is 11.6. The van der Waals surface area contributed by atoms with Crippen LogP contribution in [0.1, 0.15) is 18.9 Å². The zero-order chi connectivity index (χ0) is 12.8. The lowest BCUT2D eigenvalue weighted by atomic mass is 9.94. The van der Waals surface area contributed by atoms with Gasteiger partial charge in [-0.1, -0.05) is 36.4 Å². The molecular weight excluding hydrogens is 224 g/mol. The van der Waals surface area contributed by atoms with Crippen molar-refractivity contribution in [3.8, 4) is 0 Å². The Hall–Kier alpha value is -1.54. The molecule has 0 amide bonds. The van der Waals surface area contributed by atoms with Crippen molar-refractivity contribution in [3.05, 3.63) is 60.4 Å². The summed E-state index contributed by atoms with van der Waals surface area (Å²) in [5.74, 6) is 0.952. The molecule has 0 spiro atoms. The van der Waals surface area contributed by atoms with E-state index in [1.807, 2.05) is 18.2 Å². The minimum Gasteiger partial charge on any atom is -0.495 e. The SMILES string of the molecule is C=CCOC(C)(Cc1ccccc1)C1=CCCO1. The second-order valence-corrected chi connectivity index (χ2v) is 4.70. The Balaban J connectivity index is 2.16. The summed E-state index contributed by atoms with van der Waals surface area (Å²) in [5.41, 5.74) is 0.854. The Morgan fingerprint density at radius 3 is 2.78 bits per heavy atom. The second kappa shape index (κ2) is 5.87. The molecule has 1 atom stereocenters. The predicted molar refractivity (Wildman–Crippen MR) is 73.4 cm³/mol. The molecule has 1 heterocycles. The maximum absolute atomic E-state index is 5.96. The summed E-state index contributed by atoms with van der Waals surface area (Å²) in [6.45, 7) is 7.09. The number of hydrogen-bond donors (Lipinski definition) is 0. The highest BCUT2D eigenvalue weighted by atomic mass is 16.5. The van der Waals surface area contributed by atoms with Gasteiger partial charge in [-0.05, 0) is 18.6 Å². The van der Waals surface area contributed by atoms with E-state index in [1.165, 1.54) is 5.56 Å². The van der Waals surface area contributed by atoms with E-state index >= 15 is 0 Å². The van der Waals surface area contributed by atoms with Crippen LogP contribution >= 0.6 is 0 Å². The lowest BCUT2D eigenvalue weighted by Crippen LogP contribution is -2.34. The average Bonchev–Trinajstić information content (AvgIpc) is 2.92. The van der Waals surface area contributed by atoms with Gasteiger partial charge < -0.3 is 9.47 Å². The van der Waals surface area contributed by atoms with Crippen LogP contribution in [0.3, 0.4) is 0 Å². The summed E-state index contributed by atoms with van der Waals surface area (Å²) in [7, 11) is 0. The minimum absolute atomic E-state index is 0.397. The first kappa shape index (κ1) is 12.9. The van der Waals surface area contributed by atoms with Crippen LogP contribution < -0.4 is 0 Å². The summed E-state index contributed by atoms with van der Waals surface area (Å²) in [6, 6.07) is 10.4. The van der Waals surface area contributed by atoms with Crippen molar-refractivity contribution in [1.29, 1.82) is 0 Å². The fraction of sp³-hybridized carbons (Fsp3) is 0.375. The summed E-state index contributed by atoms with van der Waals surface area (Å²) in [5, 5.41) is 0. The Bertz CT molecular complexity index is 422. The quantitative estimate of drug-likeness (QED) is 0.713. The molecule has 2 nitrogen and oxygen atoms in total. The molecule has 1 aromatic rings. The number of ether oxygens (including phenoxy) is 2. The van der Waals surface area contributed by atoms with Gasteiger partial charge in [-0.15, -0.1) is 6.58 Å². The lowest BCUT2D eigenvalue weighted by Gasteiger charge is -2.30. The molecule has 1 unspecified atom stereocenters. The monoisotopic (exact) mass is 244 g/mol. The topological polar surface area (TPSA) is 18.5 Å². The Morgan fingerprint density at radius 1 is 1.39 bits per heavy atom.